The quantitative estimate of drug-likeness (QED) is 0.221. The summed E-state index contributed by atoms with van der Waals surface area (Å²) in [6, 6.07) is 11.4. The Morgan fingerprint density at radius 3 is 2.46 bits per heavy atom. The fourth-order valence-electron chi connectivity index (χ4n) is 3.93. The summed E-state index contributed by atoms with van der Waals surface area (Å²) < 4.78 is 14.9. The number of pyridine rings is 1. The number of carbonyl (C=O) groups excluding carboxylic acids is 2. The van der Waals surface area contributed by atoms with E-state index in [2.05, 4.69) is 26.5 Å². The number of piperidine rings is 1. The van der Waals surface area contributed by atoms with Gasteiger partial charge < -0.3 is 20.6 Å². The second-order valence-electron chi connectivity index (χ2n) is 8.73. The number of carboxylic acids is 1. The second kappa shape index (κ2) is 12.2. The van der Waals surface area contributed by atoms with Gasteiger partial charge >= 0.3 is 5.97 Å². The number of carboxylic acid groups (broad SMARTS) is 1. The van der Waals surface area contributed by atoms with Crippen LogP contribution in [-0.4, -0.2) is 52.2 Å². The van der Waals surface area contributed by atoms with Crippen molar-refractivity contribution in [3.63, 3.8) is 0 Å². The van der Waals surface area contributed by atoms with E-state index in [0.717, 1.165) is 6.07 Å². The van der Waals surface area contributed by atoms with Crippen molar-refractivity contribution >= 4 is 52.9 Å². The number of nitrogens with one attached hydrogen (secondary N) is 2. The molecule has 0 bridgehead atoms. The molecule has 0 radical (unpaired) electrons. The molecule has 198 valence electrons. The van der Waals surface area contributed by atoms with Gasteiger partial charge in [-0.25, -0.2) is 14.4 Å². The summed E-state index contributed by atoms with van der Waals surface area (Å²) in [6.07, 6.45) is 9.40. The third kappa shape index (κ3) is 6.97. The Kier molecular flexibility index (Phi) is 8.53. The molecule has 2 heterocycles. The average Bonchev–Trinajstić information content (AvgIpc) is 2.93. The monoisotopic (exact) mass is 547 g/mol. The molecule has 1 aliphatic heterocycles. The maximum Gasteiger partial charge on any atom is 0.306 e. The van der Waals surface area contributed by atoms with Crippen LogP contribution in [0.5, 0.6) is 0 Å². The number of hydrogen-bond donors (Lipinski definition) is 3. The van der Waals surface area contributed by atoms with Crippen molar-refractivity contribution in [2.45, 2.75) is 12.8 Å². The molecule has 2 amide bonds. The van der Waals surface area contributed by atoms with Crippen LogP contribution in [0.15, 0.2) is 59.7 Å². The normalized spacial score (nSPS) is 13.6. The van der Waals surface area contributed by atoms with Crippen LogP contribution < -0.4 is 10.6 Å². The van der Waals surface area contributed by atoms with Crippen molar-refractivity contribution in [3.05, 3.63) is 82.3 Å². The maximum atomic E-state index is 14.9. The van der Waals surface area contributed by atoms with Crippen LogP contribution in [0.2, 0.25) is 5.02 Å². The van der Waals surface area contributed by atoms with Gasteiger partial charge in [0.1, 0.15) is 11.6 Å². The summed E-state index contributed by atoms with van der Waals surface area (Å²) in [5.41, 5.74) is 0.629. The van der Waals surface area contributed by atoms with Crippen LogP contribution in [0, 0.1) is 24.1 Å². The molecule has 2 aromatic carbocycles. The molecule has 0 spiro atoms. The van der Waals surface area contributed by atoms with E-state index < -0.39 is 23.6 Å². The Labute approximate surface area is 228 Å². The number of amides is 2. The number of anilines is 2. The molecule has 0 aliphatic carbocycles. The molecular weight excluding hydrogens is 525 g/mol. The SMILES string of the molecule is C#Cc1ccc(NC(=O)c2ccc(N=CN3CCC(C(=O)O)CC3)cc2F)c(C(=O)Nc2ccc(Cl)cn2)c1. The predicted octanol–water partition coefficient (Wildman–Crippen LogP) is 4.82. The standard InChI is InChI=1S/C28H23ClFN5O4/c1-2-17-3-7-24(22(13-17)27(37)34-25-8-4-19(29)15-31-25)33-26(36)21-6-5-20(14-23(21)30)32-16-35-11-9-18(10-12-35)28(38)39/h1,3-8,13-16,18H,9-12H2,(H,33,36)(H,38,39)(H,31,34,37). The third-order valence-electron chi connectivity index (χ3n) is 6.09. The number of carbonyl (C=O) groups is 3. The molecule has 1 aromatic heterocycles. The predicted molar refractivity (Wildman–Crippen MR) is 146 cm³/mol. The number of aromatic nitrogens is 1. The highest BCUT2D eigenvalue weighted by Gasteiger charge is 2.23. The summed E-state index contributed by atoms with van der Waals surface area (Å²) in [4.78, 5) is 47.1. The van der Waals surface area contributed by atoms with E-state index in [1.54, 1.807) is 18.5 Å². The zero-order valence-electron chi connectivity index (χ0n) is 20.5. The number of benzene rings is 2. The van der Waals surface area contributed by atoms with Gasteiger partial charge in [0, 0.05) is 30.9 Å². The summed E-state index contributed by atoms with van der Waals surface area (Å²) in [5, 5.41) is 14.7. The molecule has 0 unspecified atom stereocenters. The van der Waals surface area contributed by atoms with Crippen molar-refractivity contribution in [1.82, 2.24) is 9.88 Å². The number of halogens is 2. The van der Waals surface area contributed by atoms with Crippen LogP contribution in [-0.2, 0) is 4.79 Å². The number of hydrogen-bond acceptors (Lipinski definition) is 5. The van der Waals surface area contributed by atoms with Gasteiger partial charge in [-0.15, -0.1) is 6.42 Å². The van der Waals surface area contributed by atoms with E-state index in [1.807, 2.05) is 4.90 Å². The Morgan fingerprint density at radius 1 is 1.08 bits per heavy atom. The van der Waals surface area contributed by atoms with E-state index in [-0.39, 0.29) is 28.6 Å². The summed E-state index contributed by atoms with van der Waals surface area (Å²) >= 11 is 5.83. The zero-order valence-corrected chi connectivity index (χ0v) is 21.3. The highest BCUT2D eigenvalue weighted by Crippen LogP contribution is 2.23. The van der Waals surface area contributed by atoms with Gasteiger partial charge in [0.05, 0.1) is 39.8 Å². The average molecular weight is 548 g/mol. The van der Waals surface area contributed by atoms with Crippen molar-refractivity contribution in [1.29, 1.82) is 0 Å². The highest BCUT2D eigenvalue weighted by molar-refractivity contribution is 6.30. The number of nitrogens with zero attached hydrogens (tertiary/aromatic N) is 3. The maximum absolute atomic E-state index is 14.9. The fourth-order valence-corrected chi connectivity index (χ4v) is 4.04. The first-order valence-electron chi connectivity index (χ1n) is 11.9. The van der Waals surface area contributed by atoms with E-state index in [9.17, 15) is 18.8 Å². The molecule has 1 fully saturated rings. The minimum Gasteiger partial charge on any atom is -0.481 e. The number of aliphatic carboxylic acids is 1. The largest absolute Gasteiger partial charge is 0.481 e. The summed E-state index contributed by atoms with van der Waals surface area (Å²) in [7, 11) is 0. The number of likely N-dealkylation sites (tertiary alicyclic amines) is 1. The lowest BCUT2D eigenvalue weighted by atomic mass is 9.98. The van der Waals surface area contributed by atoms with Crippen LogP contribution >= 0.6 is 11.6 Å². The molecule has 1 saturated heterocycles. The molecule has 39 heavy (non-hydrogen) atoms. The second-order valence-corrected chi connectivity index (χ2v) is 9.17. The van der Waals surface area contributed by atoms with Crippen LogP contribution in [0.1, 0.15) is 39.1 Å². The first kappa shape index (κ1) is 27.3. The molecular formula is C28H23ClFN5O4. The van der Waals surface area contributed by atoms with Gasteiger partial charge in [0.2, 0.25) is 0 Å². The first-order valence-corrected chi connectivity index (χ1v) is 12.3. The Morgan fingerprint density at radius 2 is 1.82 bits per heavy atom. The van der Waals surface area contributed by atoms with Gasteiger partial charge in [-0.1, -0.05) is 17.5 Å². The highest BCUT2D eigenvalue weighted by atomic mass is 35.5. The summed E-state index contributed by atoms with van der Waals surface area (Å²) in [6.45, 7) is 1.07. The van der Waals surface area contributed by atoms with E-state index in [0.29, 0.717) is 42.2 Å². The van der Waals surface area contributed by atoms with Gasteiger partial charge in [0.15, 0.2) is 0 Å². The van der Waals surface area contributed by atoms with Crippen LogP contribution in [0.4, 0.5) is 21.6 Å². The minimum atomic E-state index is -0.805. The van der Waals surface area contributed by atoms with E-state index >= 15 is 0 Å². The molecule has 1 aliphatic rings. The topological polar surface area (TPSA) is 124 Å². The zero-order chi connectivity index (χ0) is 27.9. The Balaban J connectivity index is 1.46. The third-order valence-corrected chi connectivity index (χ3v) is 6.32. The summed E-state index contributed by atoms with van der Waals surface area (Å²) in [5.74, 6) is -0.663. The lowest BCUT2D eigenvalue weighted by Crippen LogP contribution is -2.35. The smallest absolute Gasteiger partial charge is 0.306 e. The van der Waals surface area contributed by atoms with Crippen molar-refractivity contribution in [3.8, 4) is 12.3 Å². The molecule has 3 aromatic rings. The van der Waals surface area contributed by atoms with Crippen LogP contribution in [0.25, 0.3) is 0 Å². The van der Waals surface area contributed by atoms with Gasteiger partial charge in [0.25, 0.3) is 11.8 Å². The lowest BCUT2D eigenvalue weighted by Gasteiger charge is -2.28. The van der Waals surface area contributed by atoms with Gasteiger partial charge in [-0.2, -0.15) is 0 Å². The molecule has 4 rings (SSSR count). The molecule has 9 nitrogen and oxygen atoms in total. The Hall–Kier alpha value is -4.75. The van der Waals surface area contributed by atoms with Crippen molar-refractivity contribution in [2.24, 2.45) is 10.9 Å². The first-order chi connectivity index (χ1) is 18.7. The van der Waals surface area contributed by atoms with Crippen LogP contribution in [0.3, 0.4) is 0 Å². The van der Waals surface area contributed by atoms with Gasteiger partial charge in [-0.05, 0) is 55.3 Å². The number of terminal acetylenes is 1. The van der Waals surface area contributed by atoms with E-state index in [1.165, 1.54) is 36.5 Å². The number of rotatable bonds is 7. The molecule has 0 atom stereocenters. The van der Waals surface area contributed by atoms with Crippen molar-refractivity contribution in [2.75, 3.05) is 23.7 Å². The van der Waals surface area contributed by atoms with E-state index in [4.69, 9.17) is 23.1 Å². The molecule has 0 saturated carbocycles. The minimum absolute atomic E-state index is 0.0591. The fraction of sp³-hybridized carbons (Fsp3) is 0.179. The lowest BCUT2D eigenvalue weighted by molar-refractivity contribution is -0.143. The molecule has 11 heteroatoms. The van der Waals surface area contributed by atoms with Gasteiger partial charge in [-0.3, -0.25) is 14.4 Å². The number of aliphatic imine (C=N–C) groups is 1. The molecule has 3 N–H and O–H groups in total. The van der Waals surface area contributed by atoms with Crippen molar-refractivity contribution < 1.29 is 23.9 Å². The Bertz CT molecular complexity index is 1480.